The molecule has 1 aliphatic rings. The van der Waals surface area contributed by atoms with Crippen LogP contribution >= 0.6 is 11.6 Å². The van der Waals surface area contributed by atoms with Crippen LogP contribution in [0.25, 0.3) is 11.0 Å². The van der Waals surface area contributed by atoms with Crippen LogP contribution in [0.15, 0.2) is 58.2 Å². The second-order valence-electron chi connectivity index (χ2n) is 7.68. The molecule has 0 spiro atoms. The Morgan fingerprint density at radius 3 is 2.90 bits per heavy atom. The van der Waals surface area contributed by atoms with Crippen molar-refractivity contribution in [3.63, 3.8) is 0 Å². The van der Waals surface area contributed by atoms with Gasteiger partial charge in [-0.05, 0) is 61.8 Å². The number of rotatable bonds is 6. The standard InChI is InChI=1S/C23H26ClN3O2/c1-2-27(13-17-7-9-25-10-8-17)20-4-3-11-26(15-20)14-18-16-29-22-6-5-19(24)12-21(22)23(18)28/h5-10,12,16,20H,2-4,11,13-15H2,1H3. The maximum absolute atomic E-state index is 12.9. The topological polar surface area (TPSA) is 49.6 Å². The van der Waals surface area contributed by atoms with Crippen molar-refractivity contribution in [3.8, 4) is 0 Å². The van der Waals surface area contributed by atoms with Gasteiger partial charge in [0, 0.05) is 48.7 Å². The first kappa shape index (κ1) is 20.1. The van der Waals surface area contributed by atoms with Gasteiger partial charge < -0.3 is 4.42 Å². The second-order valence-corrected chi connectivity index (χ2v) is 8.12. The van der Waals surface area contributed by atoms with E-state index in [9.17, 15) is 4.79 Å². The first-order valence-electron chi connectivity index (χ1n) is 10.2. The Hall–Kier alpha value is -2.21. The van der Waals surface area contributed by atoms with E-state index in [1.807, 2.05) is 12.4 Å². The minimum atomic E-state index is 0.0139. The number of pyridine rings is 1. The lowest BCUT2D eigenvalue weighted by molar-refractivity contribution is 0.0913. The molecule has 1 atom stereocenters. The maximum atomic E-state index is 12.9. The van der Waals surface area contributed by atoms with Crippen LogP contribution in [0.5, 0.6) is 0 Å². The summed E-state index contributed by atoms with van der Waals surface area (Å²) in [7, 11) is 0. The van der Waals surface area contributed by atoms with Crippen molar-refractivity contribution in [2.75, 3.05) is 19.6 Å². The van der Waals surface area contributed by atoms with Gasteiger partial charge >= 0.3 is 0 Å². The van der Waals surface area contributed by atoms with Gasteiger partial charge in [0.25, 0.3) is 0 Å². The van der Waals surface area contributed by atoms with Crippen LogP contribution in [0, 0.1) is 0 Å². The van der Waals surface area contributed by atoms with Gasteiger partial charge in [-0.25, -0.2) is 0 Å². The summed E-state index contributed by atoms with van der Waals surface area (Å²) in [4.78, 5) is 21.9. The Bertz CT molecular complexity index is 1020. The average molecular weight is 412 g/mol. The third kappa shape index (κ3) is 4.69. The number of hydrogen-bond donors (Lipinski definition) is 0. The number of hydrogen-bond acceptors (Lipinski definition) is 5. The van der Waals surface area contributed by atoms with Gasteiger partial charge in [-0.2, -0.15) is 0 Å². The van der Waals surface area contributed by atoms with Crippen molar-refractivity contribution >= 4 is 22.6 Å². The van der Waals surface area contributed by atoms with Crippen molar-refractivity contribution in [3.05, 3.63) is 75.4 Å². The van der Waals surface area contributed by atoms with E-state index in [4.69, 9.17) is 16.0 Å². The zero-order chi connectivity index (χ0) is 20.2. The third-order valence-corrected chi connectivity index (χ3v) is 5.97. The Morgan fingerprint density at radius 1 is 1.28 bits per heavy atom. The van der Waals surface area contributed by atoms with Crippen LogP contribution in [-0.2, 0) is 13.1 Å². The predicted octanol–water partition coefficient (Wildman–Crippen LogP) is 4.33. The Morgan fingerprint density at radius 2 is 2.10 bits per heavy atom. The molecule has 1 aliphatic heterocycles. The van der Waals surface area contributed by atoms with E-state index in [2.05, 4.69) is 33.8 Å². The molecular weight excluding hydrogens is 386 g/mol. The molecule has 0 bridgehead atoms. The number of nitrogens with zero attached hydrogens (tertiary/aromatic N) is 3. The summed E-state index contributed by atoms with van der Waals surface area (Å²) in [5, 5.41) is 1.10. The highest BCUT2D eigenvalue weighted by Gasteiger charge is 2.25. The van der Waals surface area contributed by atoms with Gasteiger partial charge in [0.1, 0.15) is 5.58 Å². The summed E-state index contributed by atoms with van der Waals surface area (Å²) in [6.45, 7) is 6.68. The van der Waals surface area contributed by atoms with Crippen LogP contribution in [0.4, 0.5) is 0 Å². The fraction of sp³-hybridized carbons (Fsp3) is 0.391. The largest absolute Gasteiger partial charge is 0.464 e. The number of benzene rings is 1. The number of likely N-dealkylation sites (tertiary alicyclic amines) is 1. The summed E-state index contributed by atoms with van der Waals surface area (Å²) < 4.78 is 5.69. The first-order chi connectivity index (χ1) is 14.1. The van der Waals surface area contributed by atoms with E-state index in [1.165, 1.54) is 12.0 Å². The molecule has 0 N–H and O–H groups in total. The lowest BCUT2D eigenvalue weighted by Gasteiger charge is -2.39. The van der Waals surface area contributed by atoms with Crippen molar-refractivity contribution in [1.82, 2.24) is 14.8 Å². The van der Waals surface area contributed by atoms with Gasteiger partial charge in [0.2, 0.25) is 0 Å². The van der Waals surface area contributed by atoms with Crippen molar-refractivity contribution in [2.45, 2.75) is 38.9 Å². The summed E-state index contributed by atoms with van der Waals surface area (Å²) in [5.74, 6) is 0. The number of aromatic nitrogens is 1. The molecule has 0 radical (unpaired) electrons. The van der Waals surface area contributed by atoms with Crippen LogP contribution < -0.4 is 5.43 Å². The molecule has 152 valence electrons. The molecule has 0 aliphatic carbocycles. The monoisotopic (exact) mass is 411 g/mol. The van der Waals surface area contributed by atoms with Crippen LogP contribution in [0.3, 0.4) is 0 Å². The minimum Gasteiger partial charge on any atom is -0.464 e. The quantitative estimate of drug-likeness (QED) is 0.604. The van der Waals surface area contributed by atoms with Gasteiger partial charge in [-0.15, -0.1) is 0 Å². The summed E-state index contributed by atoms with van der Waals surface area (Å²) in [6.07, 6.45) is 7.61. The molecule has 29 heavy (non-hydrogen) atoms. The fourth-order valence-electron chi connectivity index (χ4n) is 4.19. The average Bonchev–Trinajstić information content (AvgIpc) is 2.75. The van der Waals surface area contributed by atoms with Crippen LogP contribution in [0.1, 0.15) is 30.9 Å². The highest BCUT2D eigenvalue weighted by Crippen LogP contribution is 2.21. The van der Waals surface area contributed by atoms with Crippen LogP contribution in [0.2, 0.25) is 5.02 Å². The molecule has 0 saturated carbocycles. The molecular formula is C23H26ClN3O2. The molecule has 4 rings (SSSR count). The molecule has 3 aromatic rings. The van der Waals surface area contributed by atoms with E-state index in [1.54, 1.807) is 24.5 Å². The summed E-state index contributed by atoms with van der Waals surface area (Å²) in [6, 6.07) is 9.81. The van der Waals surface area contributed by atoms with Gasteiger partial charge in [-0.1, -0.05) is 18.5 Å². The molecule has 6 heteroatoms. The number of halogens is 1. The van der Waals surface area contributed by atoms with E-state index in [-0.39, 0.29) is 5.43 Å². The first-order valence-corrected chi connectivity index (χ1v) is 10.6. The fourth-order valence-corrected chi connectivity index (χ4v) is 4.36. The third-order valence-electron chi connectivity index (χ3n) is 5.74. The lowest BCUT2D eigenvalue weighted by atomic mass is 10.0. The molecule has 1 fully saturated rings. The Balaban J connectivity index is 1.48. The summed E-state index contributed by atoms with van der Waals surface area (Å²) in [5.41, 5.74) is 2.57. The normalized spacial score (nSPS) is 17.8. The zero-order valence-corrected chi connectivity index (χ0v) is 17.4. The van der Waals surface area contributed by atoms with E-state index < -0.39 is 0 Å². The molecule has 2 aromatic heterocycles. The Kier molecular flexibility index (Phi) is 6.28. The van der Waals surface area contributed by atoms with E-state index in [0.717, 1.165) is 32.6 Å². The van der Waals surface area contributed by atoms with Crippen LogP contribution in [-0.4, -0.2) is 40.5 Å². The van der Waals surface area contributed by atoms with Gasteiger partial charge in [-0.3, -0.25) is 19.6 Å². The number of likely N-dealkylation sites (N-methyl/N-ethyl adjacent to an activating group) is 1. The SMILES string of the molecule is CCN(Cc1ccncc1)C1CCCN(Cc2coc3ccc(Cl)cc3c2=O)C1. The Labute approximate surface area is 175 Å². The molecule has 5 nitrogen and oxygen atoms in total. The van der Waals surface area contributed by atoms with Gasteiger partial charge in [0.15, 0.2) is 5.43 Å². The molecule has 3 heterocycles. The molecule has 1 saturated heterocycles. The summed E-state index contributed by atoms with van der Waals surface area (Å²) >= 11 is 6.07. The molecule has 1 aromatic carbocycles. The minimum absolute atomic E-state index is 0.0139. The van der Waals surface area contributed by atoms with Crippen molar-refractivity contribution < 1.29 is 4.42 Å². The van der Waals surface area contributed by atoms with E-state index >= 15 is 0 Å². The maximum Gasteiger partial charge on any atom is 0.197 e. The molecule has 1 unspecified atom stereocenters. The predicted molar refractivity (Wildman–Crippen MR) is 116 cm³/mol. The molecule has 0 amide bonds. The second kappa shape index (κ2) is 9.08. The van der Waals surface area contributed by atoms with Crippen molar-refractivity contribution in [2.24, 2.45) is 0 Å². The van der Waals surface area contributed by atoms with E-state index in [0.29, 0.717) is 34.1 Å². The lowest BCUT2D eigenvalue weighted by Crippen LogP contribution is -2.47. The highest BCUT2D eigenvalue weighted by molar-refractivity contribution is 6.31. The smallest absolute Gasteiger partial charge is 0.197 e. The zero-order valence-electron chi connectivity index (χ0n) is 16.7. The highest BCUT2D eigenvalue weighted by atomic mass is 35.5. The number of fused-ring (bicyclic) bond motifs is 1. The van der Waals surface area contributed by atoms with Crippen molar-refractivity contribution in [1.29, 1.82) is 0 Å². The van der Waals surface area contributed by atoms with Gasteiger partial charge in [0.05, 0.1) is 11.6 Å². The number of piperidine rings is 1.